The highest BCUT2D eigenvalue weighted by molar-refractivity contribution is 7.89. The van der Waals surface area contributed by atoms with Gasteiger partial charge in [-0.1, -0.05) is 30.3 Å². The fraction of sp³-hybridized carbons (Fsp3) is 0.278. The summed E-state index contributed by atoms with van der Waals surface area (Å²) in [4.78, 5) is 12.3. The van der Waals surface area contributed by atoms with Gasteiger partial charge in [-0.25, -0.2) is 12.7 Å². The highest BCUT2D eigenvalue weighted by Crippen LogP contribution is 2.28. The van der Waals surface area contributed by atoms with Crippen LogP contribution in [0.25, 0.3) is 0 Å². The van der Waals surface area contributed by atoms with Crippen LogP contribution in [0.2, 0.25) is 0 Å². The van der Waals surface area contributed by atoms with E-state index in [4.69, 9.17) is 4.74 Å². The van der Waals surface area contributed by atoms with Crippen molar-refractivity contribution in [2.45, 2.75) is 17.7 Å². The highest BCUT2D eigenvalue weighted by atomic mass is 32.2. The molecular formula is C18H22N2O4S. The number of carbonyl (C=O) groups is 1. The summed E-state index contributed by atoms with van der Waals surface area (Å²) in [6, 6.07) is 14.1. The summed E-state index contributed by atoms with van der Waals surface area (Å²) in [6.45, 7) is 0. The molecule has 0 heterocycles. The Balaban J connectivity index is 2.15. The number of anilines is 1. The van der Waals surface area contributed by atoms with Crippen LogP contribution in [0, 0.1) is 0 Å². The van der Waals surface area contributed by atoms with Gasteiger partial charge in [0, 0.05) is 20.5 Å². The quantitative estimate of drug-likeness (QED) is 0.821. The number of carbonyl (C=O) groups excluding carboxylic acids is 1. The van der Waals surface area contributed by atoms with E-state index in [1.807, 2.05) is 30.3 Å². The van der Waals surface area contributed by atoms with Crippen molar-refractivity contribution in [1.82, 2.24) is 4.31 Å². The Hall–Kier alpha value is -2.38. The van der Waals surface area contributed by atoms with Crippen LogP contribution in [0.15, 0.2) is 53.4 Å². The molecule has 1 N–H and O–H groups in total. The zero-order valence-corrected chi connectivity index (χ0v) is 15.3. The molecule has 7 heteroatoms. The first-order chi connectivity index (χ1) is 11.8. The Kier molecular flexibility index (Phi) is 6.17. The first-order valence-corrected chi connectivity index (χ1v) is 9.23. The number of aryl methyl sites for hydroxylation is 1. The second kappa shape index (κ2) is 8.13. The molecule has 0 aliphatic heterocycles. The zero-order valence-electron chi connectivity index (χ0n) is 14.5. The van der Waals surface area contributed by atoms with Crippen LogP contribution in [0.4, 0.5) is 5.69 Å². The maximum absolute atomic E-state index is 12.3. The number of nitrogens with zero attached hydrogens (tertiary/aromatic N) is 1. The summed E-state index contributed by atoms with van der Waals surface area (Å²) in [5, 5.41) is 2.74. The van der Waals surface area contributed by atoms with Crippen LogP contribution in [0.5, 0.6) is 5.75 Å². The average Bonchev–Trinajstić information content (AvgIpc) is 2.60. The Morgan fingerprint density at radius 2 is 1.80 bits per heavy atom. The number of benzene rings is 2. The maximum atomic E-state index is 12.3. The van der Waals surface area contributed by atoms with E-state index >= 15 is 0 Å². The Morgan fingerprint density at radius 1 is 1.12 bits per heavy atom. The van der Waals surface area contributed by atoms with Crippen molar-refractivity contribution in [2.24, 2.45) is 0 Å². The van der Waals surface area contributed by atoms with E-state index in [0.717, 1.165) is 9.87 Å². The van der Waals surface area contributed by atoms with Gasteiger partial charge in [0.15, 0.2) is 0 Å². The van der Waals surface area contributed by atoms with Crippen molar-refractivity contribution < 1.29 is 17.9 Å². The van der Waals surface area contributed by atoms with Gasteiger partial charge in [0.2, 0.25) is 15.9 Å². The molecule has 6 nitrogen and oxygen atoms in total. The molecule has 0 spiro atoms. The number of ether oxygens (including phenoxy) is 1. The summed E-state index contributed by atoms with van der Waals surface area (Å²) in [7, 11) is 0.790. The van der Waals surface area contributed by atoms with E-state index in [0.29, 0.717) is 17.9 Å². The van der Waals surface area contributed by atoms with Gasteiger partial charge in [0.25, 0.3) is 0 Å². The predicted molar refractivity (Wildman–Crippen MR) is 97.3 cm³/mol. The van der Waals surface area contributed by atoms with Crippen LogP contribution in [-0.2, 0) is 21.2 Å². The second-order valence-corrected chi connectivity index (χ2v) is 7.84. The van der Waals surface area contributed by atoms with Gasteiger partial charge in [-0.3, -0.25) is 4.79 Å². The normalized spacial score (nSPS) is 11.4. The number of methoxy groups -OCH3 is 1. The van der Waals surface area contributed by atoms with Gasteiger partial charge >= 0.3 is 0 Å². The summed E-state index contributed by atoms with van der Waals surface area (Å²) in [5.74, 6) is 0.201. The maximum Gasteiger partial charge on any atom is 0.242 e. The number of amides is 1. The van der Waals surface area contributed by atoms with Gasteiger partial charge in [-0.2, -0.15) is 0 Å². The lowest BCUT2D eigenvalue weighted by molar-refractivity contribution is -0.116. The Morgan fingerprint density at radius 3 is 2.40 bits per heavy atom. The summed E-state index contributed by atoms with van der Waals surface area (Å²) < 4.78 is 30.8. The SMILES string of the molecule is COc1ccc(S(=O)(=O)N(C)C)cc1NC(=O)CCc1ccccc1. The van der Waals surface area contributed by atoms with Crippen LogP contribution < -0.4 is 10.1 Å². The fourth-order valence-electron chi connectivity index (χ4n) is 2.27. The van der Waals surface area contributed by atoms with Crippen molar-refractivity contribution in [3.63, 3.8) is 0 Å². The lowest BCUT2D eigenvalue weighted by Crippen LogP contribution is -2.22. The van der Waals surface area contributed by atoms with Gasteiger partial charge in [0.05, 0.1) is 17.7 Å². The first kappa shape index (κ1) is 19.0. The molecule has 0 unspecified atom stereocenters. The smallest absolute Gasteiger partial charge is 0.242 e. The second-order valence-electron chi connectivity index (χ2n) is 5.68. The topological polar surface area (TPSA) is 75.7 Å². The number of hydrogen-bond acceptors (Lipinski definition) is 4. The van der Waals surface area contributed by atoms with Crippen LogP contribution >= 0.6 is 0 Å². The summed E-state index contributed by atoms with van der Waals surface area (Å²) in [5.41, 5.74) is 1.40. The molecule has 0 aliphatic rings. The minimum atomic E-state index is -3.59. The van der Waals surface area contributed by atoms with Gasteiger partial charge in [0.1, 0.15) is 5.75 Å². The largest absolute Gasteiger partial charge is 0.495 e. The van der Waals surface area contributed by atoms with E-state index < -0.39 is 10.0 Å². The minimum absolute atomic E-state index is 0.0941. The number of nitrogens with one attached hydrogen (secondary N) is 1. The molecule has 134 valence electrons. The lowest BCUT2D eigenvalue weighted by atomic mass is 10.1. The first-order valence-electron chi connectivity index (χ1n) is 7.79. The van der Waals surface area contributed by atoms with Crippen molar-refractivity contribution in [3.8, 4) is 5.75 Å². The Labute approximate surface area is 148 Å². The van der Waals surface area contributed by atoms with Gasteiger partial charge < -0.3 is 10.1 Å². The monoisotopic (exact) mass is 362 g/mol. The third kappa shape index (κ3) is 4.80. The van der Waals surface area contributed by atoms with E-state index in [-0.39, 0.29) is 17.2 Å². The molecule has 0 saturated heterocycles. The van der Waals surface area contributed by atoms with Crippen LogP contribution in [-0.4, -0.2) is 39.8 Å². The van der Waals surface area contributed by atoms with E-state index in [9.17, 15) is 13.2 Å². The lowest BCUT2D eigenvalue weighted by Gasteiger charge is -2.15. The van der Waals surface area contributed by atoms with E-state index in [1.54, 1.807) is 0 Å². The Bertz CT molecular complexity index is 833. The number of hydrogen-bond donors (Lipinski definition) is 1. The fourth-order valence-corrected chi connectivity index (χ4v) is 3.20. The molecule has 2 aromatic carbocycles. The average molecular weight is 362 g/mol. The molecule has 2 rings (SSSR count). The molecule has 2 aromatic rings. The molecule has 0 fully saturated rings. The van der Waals surface area contributed by atoms with Crippen LogP contribution in [0.3, 0.4) is 0 Å². The predicted octanol–water partition coefficient (Wildman–Crippen LogP) is 2.52. The standard InChI is InChI=1S/C18H22N2O4S/c1-20(2)25(22,23)15-10-11-17(24-3)16(13-15)19-18(21)12-9-14-7-5-4-6-8-14/h4-8,10-11,13H,9,12H2,1-3H3,(H,19,21). The van der Waals surface area contributed by atoms with Gasteiger partial charge in [-0.05, 0) is 30.2 Å². The third-order valence-electron chi connectivity index (χ3n) is 3.71. The van der Waals surface area contributed by atoms with Crippen molar-refractivity contribution in [1.29, 1.82) is 0 Å². The molecule has 25 heavy (non-hydrogen) atoms. The molecule has 0 radical (unpaired) electrons. The molecule has 0 atom stereocenters. The van der Waals surface area contributed by atoms with Crippen molar-refractivity contribution in [3.05, 3.63) is 54.1 Å². The third-order valence-corrected chi connectivity index (χ3v) is 5.52. The number of rotatable bonds is 7. The highest BCUT2D eigenvalue weighted by Gasteiger charge is 2.19. The van der Waals surface area contributed by atoms with Gasteiger partial charge in [-0.15, -0.1) is 0 Å². The summed E-state index contributed by atoms with van der Waals surface area (Å²) >= 11 is 0. The van der Waals surface area contributed by atoms with E-state index in [1.165, 1.54) is 39.4 Å². The summed E-state index contributed by atoms with van der Waals surface area (Å²) in [6.07, 6.45) is 0.891. The molecular weight excluding hydrogens is 340 g/mol. The number of sulfonamides is 1. The minimum Gasteiger partial charge on any atom is -0.495 e. The van der Waals surface area contributed by atoms with Crippen molar-refractivity contribution in [2.75, 3.05) is 26.5 Å². The van der Waals surface area contributed by atoms with Crippen LogP contribution in [0.1, 0.15) is 12.0 Å². The molecule has 0 saturated carbocycles. The zero-order chi connectivity index (χ0) is 18.4. The molecule has 0 aliphatic carbocycles. The molecule has 0 aromatic heterocycles. The molecule has 0 bridgehead atoms. The van der Waals surface area contributed by atoms with Crippen molar-refractivity contribution >= 4 is 21.6 Å². The van der Waals surface area contributed by atoms with E-state index in [2.05, 4.69) is 5.32 Å². The molecule has 1 amide bonds.